The van der Waals surface area contributed by atoms with Gasteiger partial charge in [-0.15, -0.1) is 0 Å². The van der Waals surface area contributed by atoms with Gasteiger partial charge in [-0.25, -0.2) is 9.97 Å². The Morgan fingerprint density at radius 3 is 2.82 bits per heavy atom. The average Bonchev–Trinajstić information content (AvgIpc) is 2.27. The summed E-state index contributed by atoms with van der Waals surface area (Å²) in [6.07, 6.45) is 0. The predicted octanol–water partition coefficient (Wildman–Crippen LogP) is 1.09. The molecule has 0 saturated carbocycles. The van der Waals surface area contributed by atoms with E-state index >= 15 is 0 Å². The highest BCUT2D eigenvalue weighted by Crippen LogP contribution is 2.21. The number of carbonyl (C=O) groups is 1. The highest BCUT2D eigenvalue weighted by molar-refractivity contribution is 7.99. The summed E-state index contributed by atoms with van der Waals surface area (Å²) in [7, 11) is 0. The Morgan fingerprint density at radius 1 is 1.35 bits per heavy atom. The van der Waals surface area contributed by atoms with Gasteiger partial charge in [0.25, 0.3) is 0 Å². The molecule has 0 amide bonds. The van der Waals surface area contributed by atoms with E-state index in [4.69, 9.17) is 0 Å². The highest BCUT2D eigenvalue weighted by Gasteiger charge is 2.05. The van der Waals surface area contributed by atoms with Crippen LogP contribution in [0.25, 0.3) is 10.9 Å². The normalized spacial score (nSPS) is 10.7. The van der Waals surface area contributed by atoms with Crippen LogP contribution >= 0.6 is 11.8 Å². The number of hydrogen-bond donors (Lipinski definition) is 0. The Labute approximate surface area is 103 Å². The van der Waals surface area contributed by atoms with Gasteiger partial charge in [-0.05, 0) is 26.0 Å². The molecule has 0 N–H and O–H groups in total. The van der Waals surface area contributed by atoms with E-state index in [1.807, 2.05) is 32.0 Å². The van der Waals surface area contributed by atoms with Crippen molar-refractivity contribution in [1.82, 2.24) is 9.97 Å². The van der Waals surface area contributed by atoms with E-state index in [-0.39, 0.29) is 5.75 Å². The Morgan fingerprint density at radius 2 is 2.12 bits per heavy atom. The molecule has 88 valence electrons. The van der Waals surface area contributed by atoms with Crippen LogP contribution < -0.4 is 5.11 Å². The summed E-state index contributed by atoms with van der Waals surface area (Å²) >= 11 is 1.08. The number of fused-ring (bicyclic) bond motifs is 1. The van der Waals surface area contributed by atoms with Crippen LogP contribution in [-0.2, 0) is 4.79 Å². The molecule has 5 heteroatoms. The fourth-order valence-electron chi connectivity index (χ4n) is 1.56. The van der Waals surface area contributed by atoms with Crippen molar-refractivity contribution in [2.75, 3.05) is 5.75 Å². The van der Waals surface area contributed by atoms with Crippen LogP contribution in [-0.4, -0.2) is 21.7 Å². The lowest BCUT2D eigenvalue weighted by molar-refractivity contribution is -0.301. The van der Waals surface area contributed by atoms with Gasteiger partial charge in [0, 0.05) is 16.8 Å². The number of carboxylic acids is 1. The molecule has 0 fully saturated rings. The molecule has 4 nitrogen and oxygen atoms in total. The number of carboxylic acid groups (broad SMARTS) is 1. The standard InChI is InChI=1S/C12H12N2O2S/c1-7-3-4-10-9(5-7)8(2)13-12(14-10)17-6-11(15)16/h3-5H,6H2,1-2H3,(H,15,16)/p-1. The zero-order valence-electron chi connectivity index (χ0n) is 9.56. The highest BCUT2D eigenvalue weighted by atomic mass is 32.2. The van der Waals surface area contributed by atoms with Crippen LogP contribution in [0.15, 0.2) is 23.4 Å². The molecule has 0 saturated heterocycles. The summed E-state index contributed by atoms with van der Waals surface area (Å²) in [5, 5.41) is 11.9. The molecular formula is C12H11N2O2S-. The second-order valence-corrected chi connectivity index (χ2v) is 4.72. The van der Waals surface area contributed by atoms with E-state index < -0.39 is 5.97 Å². The van der Waals surface area contributed by atoms with Crippen LogP contribution in [0, 0.1) is 13.8 Å². The fraction of sp³-hybridized carbons (Fsp3) is 0.250. The Kier molecular flexibility index (Phi) is 3.28. The number of carbonyl (C=O) groups excluding carboxylic acids is 1. The van der Waals surface area contributed by atoms with Crippen molar-refractivity contribution in [3.05, 3.63) is 29.5 Å². The van der Waals surface area contributed by atoms with Crippen LogP contribution in [0.3, 0.4) is 0 Å². The molecule has 0 unspecified atom stereocenters. The van der Waals surface area contributed by atoms with Crippen molar-refractivity contribution in [1.29, 1.82) is 0 Å². The van der Waals surface area contributed by atoms with E-state index in [9.17, 15) is 9.90 Å². The molecule has 0 atom stereocenters. The van der Waals surface area contributed by atoms with Gasteiger partial charge in [0.2, 0.25) is 0 Å². The summed E-state index contributed by atoms with van der Waals surface area (Å²) in [5.74, 6) is -1.24. The summed E-state index contributed by atoms with van der Waals surface area (Å²) in [6, 6.07) is 5.92. The molecule has 1 heterocycles. The van der Waals surface area contributed by atoms with Crippen molar-refractivity contribution in [3.63, 3.8) is 0 Å². The number of thioether (sulfide) groups is 1. The lowest BCUT2D eigenvalue weighted by Crippen LogP contribution is -2.24. The second-order valence-electron chi connectivity index (χ2n) is 3.77. The van der Waals surface area contributed by atoms with Crippen LogP contribution in [0.2, 0.25) is 0 Å². The van der Waals surface area contributed by atoms with Crippen molar-refractivity contribution >= 4 is 28.6 Å². The summed E-state index contributed by atoms with van der Waals surface area (Å²) in [5.41, 5.74) is 2.85. The molecule has 2 aromatic rings. The Hall–Kier alpha value is -1.62. The molecule has 17 heavy (non-hydrogen) atoms. The number of aliphatic carboxylic acids is 1. The minimum Gasteiger partial charge on any atom is -0.549 e. The third kappa shape index (κ3) is 2.74. The SMILES string of the molecule is Cc1ccc2nc(SCC(=O)[O-])nc(C)c2c1. The molecule has 0 bridgehead atoms. The Balaban J connectivity index is 2.41. The van der Waals surface area contributed by atoms with Crippen molar-refractivity contribution in [2.45, 2.75) is 19.0 Å². The quantitative estimate of drug-likeness (QED) is 0.600. The minimum absolute atomic E-state index is 0.128. The number of aryl methyl sites for hydroxylation is 2. The van der Waals surface area contributed by atoms with E-state index in [2.05, 4.69) is 9.97 Å². The molecular weight excluding hydrogens is 236 g/mol. The molecule has 1 aromatic heterocycles. The summed E-state index contributed by atoms with van der Waals surface area (Å²) in [4.78, 5) is 19.0. The van der Waals surface area contributed by atoms with Gasteiger partial charge in [0.1, 0.15) is 0 Å². The first-order valence-corrected chi connectivity index (χ1v) is 6.12. The van der Waals surface area contributed by atoms with E-state index in [0.29, 0.717) is 5.16 Å². The number of aromatic nitrogens is 2. The van der Waals surface area contributed by atoms with E-state index in [1.165, 1.54) is 0 Å². The fourth-order valence-corrected chi connectivity index (χ4v) is 2.17. The van der Waals surface area contributed by atoms with Gasteiger partial charge < -0.3 is 9.90 Å². The van der Waals surface area contributed by atoms with E-state index in [1.54, 1.807) is 0 Å². The van der Waals surface area contributed by atoms with Crippen LogP contribution in [0.4, 0.5) is 0 Å². The average molecular weight is 247 g/mol. The predicted molar refractivity (Wildman–Crippen MR) is 64.7 cm³/mol. The van der Waals surface area contributed by atoms with Gasteiger partial charge in [0.15, 0.2) is 5.16 Å². The molecule has 0 aliphatic heterocycles. The smallest absolute Gasteiger partial charge is 0.188 e. The molecule has 0 radical (unpaired) electrons. The first kappa shape index (κ1) is 11.9. The number of rotatable bonds is 3. The first-order chi connectivity index (χ1) is 8.06. The number of nitrogens with zero attached hydrogens (tertiary/aromatic N) is 2. The monoisotopic (exact) mass is 247 g/mol. The van der Waals surface area contributed by atoms with Crippen molar-refractivity contribution in [2.24, 2.45) is 0 Å². The van der Waals surface area contributed by atoms with Gasteiger partial charge in [-0.2, -0.15) is 0 Å². The largest absolute Gasteiger partial charge is 0.549 e. The van der Waals surface area contributed by atoms with Crippen LogP contribution in [0.5, 0.6) is 0 Å². The molecule has 0 spiro atoms. The van der Waals surface area contributed by atoms with Gasteiger partial charge in [-0.3, -0.25) is 0 Å². The third-order valence-corrected chi connectivity index (χ3v) is 3.16. The summed E-state index contributed by atoms with van der Waals surface area (Å²) in [6.45, 7) is 3.91. The van der Waals surface area contributed by atoms with E-state index in [0.717, 1.165) is 33.9 Å². The lowest BCUT2D eigenvalue weighted by Gasteiger charge is -2.06. The Bertz CT molecular complexity index is 584. The van der Waals surface area contributed by atoms with Gasteiger partial charge >= 0.3 is 0 Å². The van der Waals surface area contributed by atoms with Gasteiger partial charge in [-0.1, -0.05) is 23.4 Å². The maximum absolute atomic E-state index is 10.4. The lowest BCUT2D eigenvalue weighted by atomic mass is 10.1. The zero-order chi connectivity index (χ0) is 12.4. The molecule has 0 aliphatic rings. The zero-order valence-corrected chi connectivity index (χ0v) is 10.4. The van der Waals surface area contributed by atoms with Crippen LogP contribution in [0.1, 0.15) is 11.3 Å². The molecule has 0 aliphatic carbocycles. The topological polar surface area (TPSA) is 65.9 Å². The maximum Gasteiger partial charge on any atom is 0.188 e. The number of benzene rings is 1. The maximum atomic E-state index is 10.4. The summed E-state index contributed by atoms with van der Waals surface area (Å²) < 4.78 is 0. The van der Waals surface area contributed by atoms with Gasteiger partial charge in [0.05, 0.1) is 11.5 Å². The minimum atomic E-state index is -1.11. The molecule has 2 rings (SSSR count). The van der Waals surface area contributed by atoms with Crippen molar-refractivity contribution in [3.8, 4) is 0 Å². The van der Waals surface area contributed by atoms with Crippen molar-refractivity contribution < 1.29 is 9.90 Å². The molecule has 1 aromatic carbocycles. The first-order valence-electron chi connectivity index (χ1n) is 5.14. The second kappa shape index (κ2) is 4.71. The number of hydrogen-bond acceptors (Lipinski definition) is 5. The third-order valence-electron chi connectivity index (χ3n) is 2.34.